The van der Waals surface area contributed by atoms with E-state index in [2.05, 4.69) is 21.7 Å². The summed E-state index contributed by atoms with van der Waals surface area (Å²) < 4.78 is 65.5. The molecule has 0 spiro atoms. The zero-order valence-corrected chi connectivity index (χ0v) is 17.1. The van der Waals surface area contributed by atoms with Crippen LogP contribution in [0.1, 0.15) is 12.8 Å². The van der Waals surface area contributed by atoms with Crippen LogP contribution in [0.4, 0.5) is 11.4 Å². The lowest BCUT2D eigenvalue weighted by molar-refractivity contribution is 0.461. The van der Waals surface area contributed by atoms with E-state index in [-0.39, 0.29) is 9.79 Å². The Bertz CT molecular complexity index is 1080. The Hall–Kier alpha value is -3.06. The van der Waals surface area contributed by atoms with Gasteiger partial charge in [-0.05, 0) is 73.5 Å². The second-order valence-corrected chi connectivity index (χ2v) is 9.10. The topological polar surface area (TPSA) is 163 Å². The van der Waals surface area contributed by atoms with Crippen LogP contribution in [-0.2, 0) is 20.2 Å². The van der Waals surface area contributed by atoms with Gasteiger partial charge in [0.05, 0.1) is 21.2 Å². The highest BCUT2D eigenvalue weighted by Gasteiger charge is 2.07. The highest BCUT2D eigenvalue weighted by molar-refractivity contribution is 7.86. The fourth-order valence-corrected chi connectivity index (χ4v) is 3.50. The van der Waals surface area contributed by atoms with E-state index in [0.717, 1.165) is 11.4 Å². The Morgan fingerprint density at radius 1 is 0.567 bits per heavy atom. The molecule has 1 aliphatic carbocycles. The molecule has 12 heteroatoms. The van der Waals surface area contributed by atoms with E-state index in [1.54, 1.807) is 0 Å². The third-order valence-electron chi connectivity index (χ3n) is 4.17. The molecule has 4 N–H and O–H groups in total. The second kappa shape index (κ2) is 8.75. The molecule has 160 valence electrons. The van der Waals surface area contributed by atoms with E-state index in [1.807, 2.05) is 12.2 Å². The van der Waals surface area contributed by atoms with Gasteiger partial charge in [0.25, 0.3) is 0 Å². The van der Waals surface area contributed by atoms with Crippen molar-refractivity contribution >= 4 is 31.6 Å². The van der Waals surface area contributed by atoms with Crippen molar-refractivity contribution in [1.29, 1.82) is 0 Å². The normalized spacial score (nSPS) is 14.3. The highest BCUT2D eigenvalue weighted by Crippen LogP contribution is 2.18. The van der Waals surface area contributed by atoms with Gasteiger partial charge in [-0.3, -0.25) is 0 Å². The molecule has 0 aliphatic heterocycles. The van der Waals surface area contributed by atoms with Gasteiger partial charge in [-0.2, -0.15) is 0 Å². The van der Waals surface area contributed by atoms with Gasteiger partial charge in [0.1, 0.15) is 20.2 Å². The Morgan fingerprint density at radius 2 is 0.900 bits per heavy atom. The minimum absolute atomic E-state index is 0.291. The van der Waals surface area contributed by atoms with Gasteiger partial charge < -0.3 is 30.8 Å². The summed E-state index contributed by atoms with van der Waals surface area (Å²) in [6.45, 7) is 0. The summed E-state index contributed by atoms with van der Waals surface area (Å²) in [5, 5.41) is 0. The summed E-state index contributed by atoms with van der Waals surface area (Å²) in [6, 6.07) is 10.9. The summed E-state index contributed by atoms with van der Waals surface area (Å²) in [6.07, 6.45) is 5.08. The quantitative estimate of drug-likeness (QED) is 0.343. The zero-order chi connectivity index (χ0) is 21.8. The summed E-state index contributed by atoms with van der Waals surface area (Å²) >= 11 is 0. The van der Waals surface area contributed by atoms with Crippen LogP contribution < -0.4 is 21.7 Å². The van der Waals surface area contributed by atoms with Crippen molar-refractivity contribution in [1.82, 2.24) is 10.9 Å². The third kappa shape index (κ3) is 5.97. The van der Waals surface area contributed by atoms with Gasteiger partial charge in [-0.1, -0.05) is 0 Å². The summed E-state index contributed by atoms with van der Waals surface area (Å²) in [7, 11) is -8.93. The Kier molecular flexibility index (Phi) is 6.31. The van der Waals surface area contributed by atoms with Crippen LogP contribution in [0.15, 0.2) is 81.9 Å². The minimum Gasteiger partial charge on any atom is -0.744 e. The maximum atomic E-state index is 10.9. The number of allylic oxidation sites excluding steroid dienone is 4. The fourth-order valence-electron chi connectivity index (χ4n) is 2.56. The second-order valence-electron chi connectivity index (χ2n) is 6.34. The van der Waals surface area contributed by atoms with Crippen molar-refractivity contribution < 1.29 is 25.9 Å². The van der Waals surface area contributed by atoms with E-state index < -0.39 is 20.2 Å². The molecule has 0 bridgehead atoms. The molecule has 2 aromatic rings. The maximum Gasteiger partial charge on any atom is 0.124 e. The molecule has 3 rings (SSSR count). The Balaban J connectivity index is 1.50. The Morgan fingerprint density at radius 3 is 1.17 bits per heavy atom. The van der Waals surface area contributed by atoms with Gasteiger partial charge in [0, 0.05) is 11.4 Å². The van der Waals surface area contributed by atoms with Crippen molar-refractivity contribution in [3.8, 4) is 0 Å². The number of hydrogen-bond acceptors (Lipinski definition) is 10. The molecule has 1 aliphatic rings. The minimum atomic E-state index is -4.47. The molecular formula is C18H18N4O6S2-2. The van der Waals surface area contributed by atoms with Gasteiger partial charge in [0.2, 0.25) is 0 Å². The molecule has 0 aromatic heterocycles. The largest absolute Gasteiger partial charge is 0.744 e. The fraction of sp³-hybridized carbons (Fsp3) is 0.111. The first-order chi connectivity index (χ1) is 14.1. The molecule has 0 unspecified atom stereocenters. The Labute approximate surface area is 174 Å². The predicted octanol–water partition coefficient (Wildman–Crippen LogP) is 1.59. The first-order valence-corrected chi connectivity index (χ1v) is 11.5. The van der Waals surface area contributed by atoms with E-state index in [0.29, 0.717) is 24.2 Å². The van der Waals surface area contributed by atoms with Gasteiger partial charge >= 0.3 is 0 Å². The molecule has 0 saturated carbocycles. The highest BCUT2D eigenvalue weighted by atomic mass is 32.2. The molecule has 30 heavy (non-hydrogen) atoms. The van der Waals surface area contributed by atoms with E-state index in [1.165, 1.54) is 48.5 Å². The van der Waals surface area contributed by atoms with Gasteiger partial charge in [-0.15, -0.1) is 0 Å². The SMILES string of the molecule is O=S(=O)([O-])c1ccc(NNC2=CC=C(NNc3ccc(S(=O)(=O)[O-])cc3)CC2)cc1. The molecule has 10 nitrogen and oxygen atoms in total. The van der Waals surface area contributed by atoms with Crippen molar-refractivity contribution in [2.45, 2.75) is 22.6 Å². The average molecular weight is 450 g/mol. The third-order valence-corrected chi connectivity index (χ3v) is 5.87. The van der Waals surface area contributed by atoms with Crippen molar-refractivity contribution in [2.24, 2.45) is 0 Å². The molecular weight excluding hydrogens is 432 g/mol. The van der Waals surface area contributed by atoms with Gasteiger partial charge in [-0.25, -0.2) is 16.8 Å². The lowest BCUT2D eigenvalue weighted by atomic mass is 10.1. The molecule has 0 atom stereocenters. The van der Waals surface area contributed by atoms with Crippen molar-refractivity contribution in [3.05, 3.63) is 72.1 Å². The molecule has 0 saturated heterocycles. The first-order valence-electron chi connectivity index (χ1n) is 8.67. The van der Waals surface area contributed by atoms with Crippen LogP contribution in [0.2, 0.25) is 0 Å². The van der Waals surface area contributed by atoms with E-state index in [9.17, 15) is 25.9 Å². The number of benzene rings is 2. The van der Waals surface area contributed by atoms with Crippen LogP contribution in [0.3, 0.4) is 0 Å². The molecule has 0 amide bonds. The first kappa shape index (κ1) is 21.6. The van der Waals surface area contributed by atoms with Crippen LogP contribution in [0.25, 0.3) is 0 Å². The summed E-state index contributed by atoms with van der Waals surface area (Å²) in [4.78, 5) is -0.583. The molecule has 2 aromatic carbocycles. The van der Waals surface area contributed by atoms with Crippen LogP contribution in [0.5, 0.6) is 0 Å². The summed E-state index contributed by atoms with van der Waals surface area (Å²) in [5.74, 6) is 0. The van der Waals surface area contributed by atoms with E-state index >= 15 is 0 Å². The van der Waals surface area contributed by atoms with Crippen LogP contribution in [0, 0.1) is 0 Å². The average Bonchev–Trinajstić information content (AvgIpc) is 2.71. The number of anilines is 2. The van der Waals surface area contributed by atoms with Crippen LogP contribution >= 0.6 is 0 Å². The van der Waals surface area contributed by atoms with Crippen LogP contribution in [-0.4, -0.2) is 25.9 Å². The molecule has 0 heterocycles. The zero-order valence-electron chi connectivity index (χ0n) is 15.5. The molecule has 0 radical (unpaired) electrons. The lowest BCUT2D eigenvalue weighted by Gasteiger charge is -2.19. The van der Waals surface area contributed by atoms with Gasteiger partial charge in [0.15, 0.2) is 0 Å². The number of rotatable bonds is 8. The lowest BCUT2D eigenvalue weighted by Crippen LogP contribution is -2.25. The maximum absolute atomic E-state index is 10.9. The van der Waals surface area contributed by atoms with Crippen molar-refractivity contribution in [2.75, 3.05) is 10.9 Å². The number of nitrogens with one attached hydrogen (secondary N) is 4. The summed E-state index contributed by atoms with van der Waals surface area (Å²) in [5.41, 5.74) is 14.9. The number of hydrogen-bond donors (Lipinski definition) is 4. The monoisotopic (exact) mass is 450 g/mol. The number of hydrazine groups is 2. The standard InChI is InChI=1S/C18H20N4O6S2/c23-29(24,25)17-9-5-15(6-10-17)21-19-13-1-2-14(4-3-13)20-22-16-7-11-18(12-8-16)30(26,27)28/h1-2,5-12,19-22H,3-4H2,(H,23,24,25)(H,26,27,28)/p-2. The molecule has 0 fully saturated rings. The predicted molar refractivity (Wildman–Crippen MR) is 108 cm³/mol. The smallest absolute Gasteiger partial charge is 0.124 e. The van der Waals surface area contributed by atoms with E-state index in [4.69, 9.17) is 0 Å². The van der Waals surface area contributed by atoms with Crippen molar-refractivity contribution in [3.63, 3.8) is 0 Å².